The minimum atomic E-state index is -1.16. The third kappa shape index (κ3) is 3.47. The molecule has 0 aromatic carbocycles. The summed E-state index contributed by atoms with van der Waals surface area (Å²) in [7, 11) is 0. The van der Waals surface area contributed by atoms with Gasteiger partial charge in [-0.1, -0.05) is 5.92 Å². The number of hydrogen-bond acceptors (Lipinski definition) is 2. The van der Waals surface area contributed by atoms with Crippen LogP contribution in [0.25, 0.3) is 0 Å². The molecule has 3 N–H and O–H groups in total. The molecule has 0 amide bonds. The van der Waals surface area contributed by atoms with Crippen LogP contribution in [0.5, 0.6) is 0 Å². The van der Waals surface area contributed by atoms with Crippen molar-refractivity contribution in [3.8, 4) is 12.3 Å². The second-order valence-corrected chi connectivity index (χ2v) is 0.983. The molecular formula is C4H6ClNO2. The van der Waals surface area contributed by atoms with E-state index < -0.39 is 12.0 Å². The second kappa shape index (κ2) is 4.44. The summed E-state index contributed by atoms with van der Waals surface area (Å²) < 4.78 is 0. The van der Waals surface area contributed by atoms with Crippen LogP contribution in [0.15, 0.2) is 0 Å². The highest BCUT2D eigenvalue weighted by molar-refractivity contribution is 5.85. The molecule has 0 aliphatic heterocycles. The van der Waals surface area contributed by atoms with E-state index in [1.54, 1.807) is 0 Å². The number of carbonyl (C=O) groups is 1. The fourth-order valence-corrected chi connectivity index (χ4v) is 0.0713. The van der Waals surface area contributed by atoms with Crippen molar-refractivity contribution >= 4 is 18.4 Å². The van der Waals surface area contributed by atoms with Gasteiger partial charge in [-0.05, 0) is 0 Å². The molecule has 0 spiro atoms. The van der Waals surface area contributed by atoms with Gasteiger partial charge in [-0.3, -0.25) is 0 Å². The maximum atomic E-state index is 9.66. The van der Waals surface area contributed by atoms with Crippen LogP contribution in [-0.4, -0.2) is 17.1 Å². The zero-order chi connectivity index (χ0) is 5.86. The van der Waals surface area contributed by atoms with Gasteiger partial charge in [-0.25, -0.2) is 4.79 Å². The second-order valence-electron chi connectivity index (χ2n) is 0.983. The van der Waals surface area contributed by atoms with Crippen molar-refractivity contribution in [2.24, 2.45) is 5.73 Å². The zero-order valence-corrected chi connectivity index (χ0v) is 4.81. The number of nitrogens with two attached hydrogens (primary N) is 1. The van der Waals surface area contributed by atoms with Gasteiger partial charge in [0.05, 0.1) is 0 Å². The standard InChI is InChI=1S/C4H5NO2.ClH/c1-2-3(5)4(6)7;/h1,3H,5H2,(H,6,7);1H. The molecule has 3 nitrogen and oxygen atoms in total. The molecule has 0 saturated heterocycles. The molecule has 46 valence electrons. The smallest absolute Gasteiger partial charge is 0.333 e. The Morgan fingerprint density at radius 3 is 2.25 bits per heavy atom. The number of carboxylic acid groups (broad SMARTS) is 1. The van der Waals surface area contributed by atoms with Crippen molar-refractivity contribution in [1.82, 2.24) is 0 Å². The lowest BCUT2D eigenvalue weighted by Crippen LogP contribution is -2.27. The summed E-state index contributed by atoms with van der Waals surface area (Å²) in [5.74, 6) is 0.678. The third-order valence-corrected chi connectivity index (χ3v) is 0.446. The van der Waals surface area contributed by atoms with Crippen LogP contribution in [0.2, 0.25) is 0 Å². The van der Waals surface area contributed by atoms with Crippen molar-refractivity contribution in [2.45, 2.75) is 6.04 Å². The quantitative estimate of drug-likeness (QED) is 0.475. The zero-order valence-electron chi connectivity index (χ0n) is 4.00. The predicted octanol–water partition coefficient (Wildman–Crippen LogP) is -0.547. The van der Waals surface area contributed by atoms with Gasteiger partial charge in [-0.2, -0.15) is 0 Å². The fraction of sp³-hybridized carbons (Fsp3) is 0.250. The van der Waals surface area contributed by atoms with E-state index in [2.05, 4.69) is 6.42 Å². The van der Waals surface area contributed by atoms with Crippen molar-refractivity contribution in [3.63, 3.8) is 0 Å². The van der Waals surface area contributed by atoms with Crippen molar-refractivity contribution in [3.05, 3.63) is 0 Å². The topological polar surface area (TPSA) is 63.3 Å². The predicted molar refractivity (Wildman–Crippen MR) is 31.7 cm³/mol. The normalized spacial score (nSPS) is 10.5. The van der Waals surface area contributed by atoms with Crippen LogP contribution in [-0.2, 0) is 4.79 Å². The first-order valence-corrected chi connectivity index (χ1v) is 1.63. The van der Waals surface area contributed by atoms with Gasteiger partial charge < -0.3 is 10.8 Å². The number of carboxylic acids is 1. The number of rotatable bonds is 1. The summed E-state index contributed by atoms with van der Waals surface area (Å²) >= 11 is 0. The Labute approximate surface area is 53.3 Å². The first-order chi connectivity index (χ1) is 3.18. The van der Waals surface area contributed by atoms with E-state index in [0.717, 1.165) is 0 Å². The van der Waals surface area contributed by atoms with Gasteiger partial charge in [0, 0.05) is 0 Å². The average Bonchev–Trinajstić information content (AvgIpc) is 1.65. The van der Waals surface area contributed by atoms with E-state index in [4.69, 9.17) is 10.8 Å². The molecular weight excluding hydrogens is 130 g/mol. The molecule has 0 heterocycles. The molecule has 0 rings (SSSR count). The van der Waals surface area contributed by atoms with E-state index in [9.17, 15) is 4.79 Å². The number of hydrogen-bond donors (Lipinski definition) is 2. The molecule has 0 aliphatic carbocycles. The van der Waals surface area contributed by atoms with Crippen LogP contribution < -0.4 is 5.73 Å². The first kappa shape index (κ1) is 10.3. The van der Waals surface area contributed by atoms with E-state index >= 15 is 0 Å². The van der Waals surface area contributed by atoms with E-state index in [1.165, 1.54) is 0 Å². The highest BCUT2D eigenvalue weighted by Gasteiger charge is 2.03. The molecule has 8 heavy (non-hydrogen) atoms. The highest BCUT2D eigenvalue weighted by Crippen LogP contribution is 1.69. The minimum Gasteiger partial charge on any atom is -0.479 e. The molecule has 0 aromatic heterocycles. The lowest BCUT2D eigenvalue weighted by Gasteiger charge is -1.90. The minimum absolute atomic E-state index is 0. The van der Waals surface area contributed by atoms with Gasteiger partial charge in [-0.15, -0.1) is 18.8 Å². The van der Waals surface area contributed by atoms with Crippen LogP contribution in [0.4, 0.5) is 0 Å². The van der Waals surface area contributed by atoms with Gasteiger partial charge in [0.2, 0.25) is 0 Å². The lowest BCUT2D eigenvalue weighted by atomic mass is 10.3. The van der Waals surface area contributed by atoms with Gasteiger partial charge in [0.1, 0.15) is 0 Å². The van der Waals surface area contributed by atoms with Crippen LogP contribution >= 0.6 is 12.4 Å². The Kier molecular flexibility index (Phi) is 5.71. The summed E-state index contributed by atoms with van der Waals surface area (Å²) in [4.78, 5) is 9.66. The summed E-state index contributed by atoms with van der Waals surface area (Å²) in [5.41, 5.74) is 4.78. The third-order valence-electron chi connectivity index (χ3n) is 0.446. The van der Waals surface area contributed by atoms with Crippen LogP contribution in [0, 0.1) is 12.3 Å². The molecule has 0 saturated carbocycles. The van der Waals surface area contributed by atoms with Crippen molar-refractivity contribution in [2.75, 3.05) is 0 Å². The van der Waals surface area contributed by atoms with E-state index in [1.807, 2.05) is 5.92 Å². The molecule has 0 aromatic rings. The SMILES string of the molecule is C#CC(N)C(=O)O.Cl. The highest BCUT2D eigenvalue weighted by atomic mass is 35.5. The Hall–Kier alpha value is -0.720. The summed E-state index contributed by atoms with van der Waals surface area (Å²) in [5, 5.41) is 7.91. The lowest BCUT2D eigenvalue weighted by molar-refractivity contribution is -0.137. The van der Waals surface area contributed by atoms with Crippen molar-refractivity contribution < 1.29 is 9.90 Å². The molecule has 1 unspecified atom stereocenters. The summed E-state index contributed by atoms with van der Waals surface area (Å²) in [6.07, 6.45) is 4.62. The van der Waals surface area contributed by atoms with Gasteiger partial charge in [0.25, 0.3) is 0 Å². The Morgan fingerprint density at radius 2 is 2.25 bits per heavy atom. The van der Waals surface area contributed by atoms with Crippen LogP contribution in [0.3, 0.4) is 0 Å². The summed E-state index contributed by atoms with van der Waals surface area (Å²) in [6, 6.07) is -1.15. The largest absolute Gasteiger partial charge is 0.479 e. The number of terminal acetylenes is 1. The van der Waals surface area contributed by atoms with Gasteiger partial charge >= 0.3 is 5.97 Å². The molecule has 1 atom stereocenters. The molecule has 0 bridgehead atoms. The maximum absolute atomic E-state index is 9.66. The van der Waals surface area contributed by atoms with Crippen LogP contribution in [0.1, 0.15) is 0 Å². The number of aliphatic carboxylic acids is 1. The fourth-order valence-electron chi connectivity index (χ4n) is 0.0713. The first-order valence-electron chi connectivity index (χ1n) is 1.63. The molecule has 0 fully saturated rings. The molecule has 0 aliphatic rings. The average molecular weight is 136 g/mol. The van der Waals surface area contributed by atoms with E-state index in [0.29, 0.717) is 0 Å². The summed E-state index contributed by atoms with van der Waals surface area (Å²) in [6.45, 7) is 0. The Morgan fingerprint density at radius 1 is 1.88 bits per heavy atom. The maximum Gasteiger partial charge on any atom is 0.333 e. The molecule has 0 radical (unpaired) electrons. The Bertz CT molecular complexity index is 118. The van der Waals surface area contributed by atoms with Gasteiger partial charge in [0.15, 0.2) is 6.04 Å². The molecule has 4 heteroatoms. The monoisotopic (exact) mass is 135 g/mol. The van der Waals surface area contributed by atoms with E-state index in [-0.39, 0.29) is 12.4 Å². The number of halogens is 1. The Balaban J connectivity index is 0. The van der Waals surface area contributed by atoms with Crippen molar-refractivity contribution in [1.29, 1.82) is 0 Å².